The Kier molecular flexibility index (Phi) is 9.73. The second kappa shape index (κ2) is 15.4. The van der Waals surface area contributed by atoms with Gasteiger partial charge in [-0.1, -0.05) is 157 Å². The van der Waals surface area contributed by atoms with Gasteiger partial charge < -0.3 is 15.3 Å². The molecular formula is C50H32ClN5Ni. The quantitative estimate of drug-likeness (QED) is 0.170. The van der Waals surface area contributed by atoms with E-state index >= 15 is 0 Å². The molecule has 5 nitrogen and oxygen atoms in total. The Labute approximate surface area is 345 Å². The number of nitrogens with one attached hydrogen (secondary N) is 1. The second-order valence-corrected chi connectivity index (χ2v) is 14.1. The third kappa shape index (κ3) is 6.91. The van der Waals surface area contributed by atoms with Crippen molar-refractivity contribution in [1.82, 2.24) is 19.9 Å². The Morgan fingerprint density at radius 1 is 0.404 bits per heavy atom. The van der Waals surface area contributed by atoms with Crippen molar-refractivity contribution in [2.45, 2.75) is 0 Å². The molecule has 7 heteroatoms. The molecule has 5 heterocycles. The Morgan fingerprint density at radius 3 is 1.23 bits per heavy atom. The molecule has 5 aromatic carbocycles. The zero-order valence-corrected chi connectivity index (χ0v) is 32.1. The molecule has 8 bridgehead atoms. The van der Waals surface area contributed by atoms with Gasteiger partial charge in [0.1, 0.15) is 0 Å². The van der Waals surface area contributed by atoms with Crippen molar-refractivity contribution in [2.24, 2.45) is 0 Å². The van der Waals surface area contributed by atoms with Crippen LogP contribution in [0.5, 0.6) is 0 Å². The third-order valence-electron chi connectivity index (χ3n) is 10.1. The van der Waals surface area contributed by atoms with Gasteiger partial charge in [0.2, 0.25) is 0 Å². The van der Waals surface area contributed by atoms with Crippen LogP contribution in [0.15, 0.2) is 170 Å². The monoisotopic (exact) mass is 795 g/mol. The van der Waals surface area contributed by atoms with Gasteiger partial charge in [0.05, 0.1) is 28.5 Å². The standard InChI is InChI=1S/C50H32ClN5.Ni/c51-36-21-23-37(24-22-36)52-45-31-44-48(34-17-9-3-10-18-34)42-28-27-40(54-42)46(32-13-5-1-6-14-32)38-25-26-39(53-38)47(33-15-7-2-8-16-33)41-29-30-43(55-41)49(50(45)56-44)35-19-11-4-12-20-35;/h1-31,52H;/q-2;+2. The van der Waals surface area contributed by atoms with Crippen molar-refractivity contribution in [1.29, 1.82) is 0 Å². The maximum atomic E-state index is 6.33. The molecule has 1 N–H and O–H groups in total. The molecular weight excluding hydrogens is 765 g/mol. The normalized spacial score (nSPS) is 11.8. The molecule has 274 valence electrons. The molecule has 0 spiro atoms. The molecule has 8 aromatic rings. The molecule has 2 aliphatic heterocycles. The number of rotatable bonds is 6. The number of anilines is 1. The van der Waals surface area contributed by atoms with E-state index in [-0.39, 0.29) is 16.5 Å². The minimum absolute atomic E-state index is 0. The first-order valence-electron chi connectivity index (χ1n) is 18.5. The van der Waals surface area contributed by atoms with Crippen LogP contribution in [-0.2, 0) is 16.5 Å². The fourth-order valence-corrected chi connectivity index (χ4v) is 7.67. The van der Waals surface area contributed by atoms with Crippen LogP contribution < -0.4 is 15.3 Å². The van der Waals surface area contributed by atoms with Crippen molar-refractivity contribution >= 4 is 63.3 Å². The predicted molar refractivity (Wildman–Crippen MR) is 233 cm³/mol. The minimum atomic E-state index is 0. The summed E-state index contributed by atoms with van der Waals surface area (Å²) in [6, 6.07) is 57.6. The summed E-state index contributed by atoms with van der Waals surface area (Å²) in [6.45, 7) is 0. The van der Waals surface area contributed by atoms with Crippen LogP contribution in [-0.4, -0.2) is 9.97 Å². The smallest absolute Gasteiger partial charge is 0.657 e. The topological polar surface area (TPSA) is 66.0 Å². The summed E-state index contributed by atoms with van der Waals surface area (Å²) in [6.07, 6.45) is 6.32. The summed E-state index contributed by atoms with van der Waals surface area (Å²) >= 11 is 6.33. The van der Waals surface area contributed by atoms with E-state index in [2.05, 4.69) is 145 Å². The Morgan fingerprint density at radius 2 is 0.789 bits per heavy atom. The Bertz CT molecular complexity index is 2970. The minimum Gasteiger partial charge on any atom is -0.657 e. The van der Waals surface area contributed by atoms with E-state index in [0.717, 1.165) is 101 Å². The van der Waals surface area contributed by atoms with Crippen LogP contribution in [0.4, 0.5) is 5.69 Å². The zero-order valence-electron chi connectivity index (χ0n) is 30.4. The average Bonchev–Trinajstić information content (AvgIpc) is 4.08. The van der Waals surface area contributed by atoms with E-state index in [9.17, 15) is 0 Å². The van der Waals surface area contributed by atoms with Gasteiger partial charge in [0, 0.05) is 10.7 Å². The molecule has 0 radical (unpaired) electrons. The van der Waals surface area contributed by atoms with Crippen molar-refractivity contribution in [3.05, 3.63) is 198 Å². The molecule has 10 rings (SSSR count). The third-order valence-corrected chi connectivity index (χ3v) is 10.3. The number of halogens is 1. The molecule has 0 saturated heterocycles. The molecule has 2 aliphatic rings. The van der Waals surface area contributed by atoms with E-state index in [0.29, 0.717) is 5.02 Å². The molecule has 57 heavy (non-hydrogen) atoms. The van der Waals surface area contributed by atoms with Gasteiger partial charge in [-0.05, 0) is 87.0 Å². The summed E-state index contributed by atoms with van der Waals surface area (Å²) in [5.41, 5.74) is 16.0. The summed E-state index contributed by atoms with van der Waals surface area (Å²) in [4.78, 5) is 21.7. The first-order valence-corrected chi connectivity index (χ1v) is 18.9. The van der Waals surface area contributed by atoms with E-state index in [4.69, 9.17) is 31.5 Å². The van der Waals surface area contributed by atoms with Gasteiger partial charge in [-0.15, -0.1) is 22.1 Å². The second-order valence-electron chi connectivity index (χ2n) is 13.6. The van der Waals surface area contributed by atoms with E-state index in [1.165, 1.54) is 0 Å². The first-order chi connectivity index (χ1) is 27.7. The van der Waals surface area contributed by atoms with Crippen LogP contribution in [0.25, 0.3) is 90.5 Å². The van der Waals surface area contributed by atoms with Gasteiger partial charge in [0.15, 0.2) is 0 Å². The van der Waals surface area contributed by atoms with Crippen LogP contribution in [0.3, 0.4) is 0 Å². The van der Waals surface area contributed by atoms with Gasteiger partial charge in [-0.25, -0.2) is 9.97 Å². The zero-order chi connectivity index (χ0) is 37.4. The maximum absolute atomic E-state index is 6.33. The molecule has 0 saturated carbocycles. The summed E-state index contributed by atoms with van der Waals surface area (Å²) < 4.78 is 0. The largest absolute Gasteiger partial charge is 2.00 e. The van der Waals surface area contributed by atoms with Crippen molar-refractivity contribution in [2.75, 3.05) is 5.32 Å². The van der Waals surface area contributed by atoms with Crippen LogP contribution in [0.2, 0.25) is 5.02 Å². The molecule has 0 atom stereocenters. The van der Waals surface area contributed by atoms with Crippen LogP contribution >= 0.6 is 11.6 Å². The fraction of sp³-hybridized carbons (Fsp3) is 0. The van der Waals surface area contributed by atoms with Crippen LogP contribution in [0, 0.1) is 0 Å². The van der Waals surface area contributed by atoms with Crippen molar-refractivity contribution < 1.29 is 16.5 Å². The fourth-order valence-electron chi connectivity index (χ4n) is 7.55. The number of nitrogens with zero attached hydrogens (tertiary/aromatic N) is 4. The SMILES string of the molecule is Clc1ccc(NC2=Cc3nc2c(-c2ccccc2)c2ccc([n-]2)c(-c2ccccc2)c2nc(c(-c4ccccc4)c4ccc([n-]4)c3-c3ccccc3)C=C2)cc1.[Ni+2]. The average molecular weight is 797 g/mol. The molecule has 3 aromatic heterocycles. The Hall–Kier alpha value is -6.72. The van der Waals surface area contributed by atoms with Crippen molar-refractivity contribution in [3.8, 4) is 44.5 Å². The summed E-state index contributed by atoms with van der Waals surface area (Å²) in [7, 11) is 0. The number of hydrogen-bond donors (Lipinski definition) is 1. The maximum Gasteiger partial charge on any atom is 2.00 e. The molecule has 0 fully saturated rings. The first kappa shape index (κ1) is 36.0. The summed E-state index contributed by atoms with van der Waals surface area (Å²) in [5.74, 6) is 0. The van der Waals surface area contributed by atoms with Crippen molar-refractivity contribution in [3.63, 3.8) is 0 Å². The van der Waals surface area contributed by atoms with Crippen LogP contribution in [0.1, 0.15) is 22.8 Å². The van der Waals surface area contributed by atoms with E-state index in [1.807, 2.05) is 48.5 Å². The van der Waals surface area contributed by atoms with E-state index in [1.54, 1.807) is 0 Å². The molecule has 0 aliphatic carbocycles. The molecule has 0 unspecified atom stereocenters. The van der Waals surface area contributed by atoms with E-state index < -0.39 is 0 Å². The van der Waals surface area contributed by atoms with Gasteiger partial charge >= 0.3 is 16.5 Å². The summed E-state index contributed by atoms with van der Waals surface area (Å²) in [5, 5.41) is 4.36. The predicted octanol–water partition coefficient (Wildman–Crippen LogP) is 12.7. The molecule has 0 amide bonds. The van der Waals surface area contributed by atoms with Gasteiger partial charge in [-0.2, -0.15) is 0 Å². The number of hydrogen-bond acceptors (Lipinski definition) is 3. The van der Waals surface area contributed by atoms with Gasteiger partial charge in [0.25, 0.3) is 0 Å². The Balaban J connectivity index is 0.00000422. The van der Waals surface area contributed by atoms with Gasteiger partial charge in [-0.3, -0.25) is 0 Å². The number of benzene rings is 5. The number of aromatic nitrogens is 4. The number of fused-ring (bicyclic) bond motifs is 8.